The predicted molar refractivity (Wildman–Crippen MR) is 41.7 cm³/mol. The molecule has 2 heteroatoms. The van der Waals surface area contributed by atoms with E-state index in [0.29, 0.717) is 6.04 Å². The monoisotopic (exact) mass is 140 g/mol. The summed E-state index contributed by atoms with van der Waals surface area (Å²) in [6.07, 6.45) is 1.28. The van der Waals surface area contributed by atoms with E-state index in [1.165, 1.54) is 26.1 Å². The Bertz CT molecular complexity index is 135. The molecule has 2 nitrogen and oxygen atoms in total. The SMILES string of the molecule is CCN1CC2[C@H](C[C@H]2N)C1. The lowest BCUT2D eigenvalue weighted by molar-refractivity contribution is 0.194. The molecule has 0 aromatic rings. The molecular formula is C8H16N2. The molecule has 2 fully saturated rings. The van der Waals surface area contributed by atoms with Gasteiger partial charge in [0.25, 0.3) is 0 Å². The van der Waals surface area contributed by atoms with Gasteiger partial charge in [-0.2, -0.15) is 0 Å². The van der Waals surface area contributed by atoms with Crippen LogP contribution in [0.1, 0.15) is 13.3 Å². The molecule has 1 heterocycles. The molecule has 1 saturated carbocycles. The van der Waals surface area contributed by atoms with Gasteiger partial charge in [-0.3, -0.25) is 0 Å². The van der Waals surface area contributed by atoms with Crippen molar-refractivity contribution in [2.45, 2.75) is 19.4 Å². The lowest BCUT2D eigenvalue weighted by Gasteiger charge is -2.36. The average Bonchev–Trinajstić information content (AvgIpc) is 2.26. The molecule has 3 atom stereocenters. The smallest absolute Gasteiger partial charge is 0.00857 e. The Hall–Kier alpha value is -0.0800. The molecule has 2 rings (SSSR count). The molecule has 1 aliphatic heterocycles. The van der Waals surface area contributed by atoms with Crippen LogP contribution in [0.3, 0.4) is 0 Å². The van der Waals surface area contributed by atoms with Crippen LogP contribution in [0.2, 0.25) is 0 Å². The number of hydrogen-bond donors (Lipinski definition) is 1. The van der Waals surface area contributed by atoms with Gasteiger partial charge in [0, 0.05) is 19.1 Å². The first-order valence-corrected chi connectivity index (χ1v) is 4.29. The summed E-state index contributed by atoms with van der Waals surface area (Å²) in [4.78, 5) is 2.52. The predicted octanol–water partition coefficient (Wildman–Crippen LogP) is 0.285. The second kappa shape index (κ2) is 2.21. The van der Waals surface area contributed by atoms with E-state index in [1.54, 1.807) is 0 Å². The minimum atomic E-state index is 0.529. The van der Waals surface area contributed by atoms with Gasteiger partial charge in [0.2, 0.25) is 0 Å². The summed E-state index contributed by atoms with van der Waals surface area (Å²) in [6, 6.07) is 0.529. The van der Waals surface area contributed by atoms with Crippen LogP contribution >= 0.6 is 0 Å². The number of nitrogens with two attached hydrogens (primary N) is 1. The van der Waals surface area contributed by atoms with Crippen LogP contribution in [0.4, 0.5) is 0 Å². The summed E-state index contributed by atoms with van der Waals surface area (Å²) >= 11 is 0. The lowest BCUT2D eigenvalue weighted by atomic mass is 9.72. The summed E-state index contributed by atoms with van der Waals surface area (Å²) in [7, 11) is 0. The molecule has 1 saturated heterocycles. The van der Waals surface area contributed by atoms with Gasteiger partial charge in [0.1, 0.15) is 0 Å². The molecule has 0 radical (unpaired) electrons. The first kappa shape index (κ1) is 6.62. The molecule has 0 aromatic carbocycles. The molecule has 0 amide bonds. The van der Waals surface area contributed by atoms with Crippen LogP contribution in [0.25, 0.3) is 0 Å². The fourth-order valence-corrected chi connectivity index (χ4v) is 2.31. The van der Waals surface area contributed by atoms with E-state index in [2.05, 4.69) is 11.8 Å². The van der Waals surface area contributed by atoms with Gasteiger partial charge in [-0.05, 0) is 24.8 Å². The van der Waals surface area contributed by atoms with E-state index >= 15 is 0 Å². The molecule has 1 aliphatic carbocycles. The van der Waals surface area contributed by atoms with Crippen molar-refractivity contribution in [3.63, 3.8) is 0 Å². The lowest BCUT2D eigenvalue weighted by Crippen LogP contribution is -2.46. The fourth-order valence-electron chi connectivity index (χ4n) is 2.31. The van der Waals surface area contributed by atoms with E-state index in [4.69, 9.17) is 5.73 Å². The first-order valence-electron chi connectivity index (χ1n) is 4.29. The summed E-state index contributed by atoms with van der Waals surface area (Å²) in [6.45, 7) is 6.02. The maximum atomic E-state index is 5.85. The summed E-state index contributed by atoms with van der Waals surface area (Å²) < 4.78 is 0. The standard InChI is InChI=1S/C8H16N2/c1-2-10-4-6-3-8(9)7(6)5-10/h6-8H,2-5,9H2,1H3/t6-,7?,8-/m1/s1. The Morgan fingerprint density at radius 2 is 2.30 bits per heavy atom. The van der Waals surface area contributed by atoms with Crippen molar-refractivity contribution in [1.29, 1.82) is 0 Å². The normalized spacial score (nSPS) is 46.8. The molecule has 2 aliphatic rings. The number of hydrogen-bond acceptors (Lipinski definition) is 2. The second-order valence-corrected chi connectivity index (χ2v) is 3.68. The van der Waals surface area contributed by atoms with E-state index < -0.39 is 0 Å². The maximum absolute atomic E-state index is 5.85. The van der Waals surface area contributed by atoms with Gasteiger partial charge >= 0.3 is 0 Å². The fraction of sp³-hybridized carbons (Fsp3) is 1.00. The van der Waals surface area contributed by atoms with E-state index in [1.807, 2.05) is 0 Å². The third kappa shape index (κ3) is 0.789. The van der Waals surface area contributed by atoms with Crippen molar-refractivity contribution in [1.82, 2.24) is 4.90 Å². The van der Waals surface area contributed by atoms with E-state index in [0.717, 1.165) is 11.8 Å². The topological polar surface area (TPSA) is 29.3 Å². The molecule has 0 bridgehead atoms. The highest BCUT2D eigenvalue weighted by Gasteiger charge is 2.44. The zero-order valence-electron chi connectivity index (χ0n) is 6.59. The van der Waals surface area contributed by atoms with E-state index in [9.17, 15) is 0 Å². The summed E-state index contributed by atoms with van der Waals surface area (Å²) in [5.74, 6) is 1.80. The molecule has 0 spiro atoms. The van der Waals surface area contributed by atoms with Crippen molar-refractivity contribution in [3.8, 4) is 0 Å². The average molecular weight is 140 g/mol. The molecule has 0 aromatic heterocycles. The van der Waals surface area contributed by atoms with Crippen LogP contribution in [0.15, 0.2) is 0 Å². The number of fused-ring (bicyclic) bond motifs is 1. The van der Waals surface area contributed by atoms with Crippen molar-refractivity contribution < 1.29 is 0 Å². The highest BCUT2D eigenvalue weighted by atomic mass is 15.2. The van der Waals surface area contributed by atoms with Crippen molar-refractivity contribution in [3.05, 3.63) is 0 Å². The van der Waals surface area contributed by atoms with Gasteiger partial charge in [-0.1, -0.05) is 6.92 Å². The van der Waals surface area contributed by atoms with Crippen LogP contribution in [-0.4, -0.2) is 30.6 Å². The number of likely N-dealkylation sites (tertiary alicyclic amines) is 1. The van der Waals surface area contributed by atoms with Gasteiger partial charge in [0.15, 0.2) is 0 Å². The van der Waals surface area contributed by atoms with Gasteiger partial charge in [-0.25, -0.2) is 0 Å². The number of nitrogens with zero attached hydrogens (tertiary/aromatic N) is 1. The Morgan fingerprint density at radius 3 is 2.80 bits per heavy atom. The summed E-state index contributed by atoms with van der Waals surface area (Å²) in [5.41, 5.74) is 5.85. The number of rotatable bonds is 1. The molecule has 58 valence electrons. The zero-order valence-corrected chi connectivity index (χ0v) is 6.59. The first-order chi connectivity index (χ1) is 4.81. The largest absolute Gasteiger partial charge is 0.327 e. The Morgan fingerprint density at radius 1 is 1.50 bits per heavy atom. The van der Waals surface area contributed by atoms with E-state index in [-0.39, 0.29) is 0 Å². The third-order valence-corrected chi connectivity index (χ3v) is 3.14. The van der Waals surface area contributed by atoms with Crippen LogP contribution < -0.4 is 5.73 Å². The Balaban J connectivity index is 1.93. The van der Waals surface area contributed by atoms with Crippen LogP contribution in [0.5, 0.6) is 0 Å². The molecule has 1 unspecified atom stereocenters. The van der Waals surface area contributed by atoms with Crippen molar-refractivity contribution in [2.75, 3.05) is 19.6 Å². The van der Waals surface area contributed by atoms with Gasteiger partial charge in [-0.15, -0.1) is 0 Å². The van der Waals surface area contributed by atoms with Gasteiger partial charge < -0.3 is 10.6 Å². The van der Waals surface area contributed by atoms with Crippen LogP contribution in [0, 0.1) is 11.8 Å². The zero-order chi connectivity index (χ0) is 7.14. The highest BCUT2D eigenvalue weighted by Crippen LogP contribution is 2.39. The minimum absolute atomic E-state index is 0.529. The van der Waals surface area contributed by atoms with Crippen LogP contribution in [-0.2, 0) is 0 Å². The summed E-state index contributed by atoms with van der Waals surface area (Å²) in [5, 5.41) is 0. The van der Waals surface area contributed by atoms with Crippen molar-refractivity contribution in [2.24, 2.45) is 17.6 Å². The maximum Gasteiger partial charge on any atom is 0.00857 e. The minimum Gasteiger partial charge on any atom is -0.327 e. The second-order valence-electron chi connectivity index (χ2n) is 3.68. The Labute approximate surface area is 62.4 Å². The third-order valence-electron chi connectivity index (χ3n) is 3.14. The quantitative estimate of drug-likeness (QED) is 0.567. The molecule has 2 N–H and O–H groups in total. The highest BCUT2D eigenvalue weighted by molar-refractivity contribution is 4.99. The van der Waals surface area contributed by atoms with Crippen molar-refractivity contribution >= 4 is 0 Å². The molecular weight excluding hydrogens is 124 g/mol. The van der Waals surface area contributed by atoms with Gasteiger partial charge in [0.05, 0.1) is 0 Å². The molecule has 10 heavy (non-hydrogen) atoms. The Kier molecular flexibility index (Phi) is 1.46.